The molecule has 1 N–H and O–H groups in total. The highest BCUT2D eigenvalue weighted by Gasteiger charge is 2.35. The fourth-order valence-corrected chi connectivity index (χ4v) is 3.25. The van der Waals surface area contributed by atoms with E-state index < -0.39 is 15.1 Å². The molecular formula is C15H23N2O3Si. The Labute approximate surface area is 127 Å². The van der Waals surface area contributed by atoms with Crippen molar-refractivity contribution in [2.45, 2.75) is 52.4 Å². The largest absolute Gasteiger partial charge is 0.414 e. The van der Waals surface area contributed by atoms with Crippen molar-refractivity contribution in [2.24, 2.45) is 5.41 Å². The quantitative estimate of drug-likeness (QED) is 0.684. The molecular weight excluding hydrogens is 284 g/mol. The Morgan fingerprint density at radius 2 is 2.19 bits per heavy atom. The molecule has 5 nitrogen and oxygen atoms in total. The third kappa shape index (κ3) is 4.04. The van der Waals surface area contributed by atoms with E-state index in [0.29, 0.717) is 12.3 Å². The summed E-state index contributed by atoms with van der Waals surface area (Å²) in [6, 6.07) is 3.29. The van der Waals surface area contributed by atoms with Crippen LogP contribution < -0.4 is 10.1 Å². The zero-order valence-corrected chi connectivity index (χ0v) is 14.3. The Hall–Kier alpha value is -1.40. The van der Waals surface area contributed by atoms with Gasteiger partial charge in [0, 0.05) is 12.6 Å². The zero-order chi connectivity index (χ0) is 15.6. The van der Waals surface area contributed by atoms with E-state index >= 15 is 0 Å². The summed E-state index contributed by atoms with van der Waals surface area (Å²) >= 11 is 0. The molecule has 0 amide bonds. The third-order valence-electron chi connectivity index (χ3n) is 3.38. The number of nitrogens with one attached hydrogen (secondary N) is 1. The van der Waals surface area contributed by atoms with Gasteiger partial charge in [-0.3, -0.25) is 0 Å². The summed E-state index contributed by atoms with van der Waals surface area (Å²) in [5.74, 6) is 0.0581. The Balaban J connectivity index is 2.13. The van der Waals surface area contributed by atoms with Gasteiger partial charge >= 0.3 is 5.97 Å². The molecule has 1 aliphatic heterocycles. The fourth-order valence-electron chi connectivity index (χ4n) is 2.23. The standard InChI is InChI=1S/C15H23N2O3Si/c1-15(2,3)12(20-21(4)5)9-11-14(18)19-13-10(17-11)7-6-8-16-13/h6-8,11-12,17H,9H2,1-5H3. The van der Waals surface area contributed by atoms with Gasteiger partial charge in [0.25, 0.3) is 0 Å². The van der Waals surface area contributed by atoms with Crippen LogP contribution >= 0.6 is 0 Å². The van der Waals surface area contributed by atoms with Crippen LogP contribution in [0.3, 0.4) is 0 Å². The number of pyridine rings is 1. The van der Waals surface area contributed by atoms with Crippen molar-refractivity contribution in [3.05, 3.63) is 18.3 Å². The van der Waals surface area contributed by atoms with Crippen LogP contribution in [0.1, 0.15) is 27.2 Å². The van der Waals surface area contributed by atoms with E-state index in [9.17, 15) is 4.79 Å². The number of carbonyl (C=O) groups excluding carboxylic acids is 1. The molecule has 2 unspecified atom stereocenters. The average molecular weight is 307 g/mol. The second kappa shape index (κ2) is 6.15. The Morgan fingerprint density at radius 1 is 1.48 bits per heavy atom. The maximum atomic E-state index is 12.1. The van der Waals surface area contributed by atoms with Gasteiger partial charge in [0.15, 0.2) is 0 Å². The molecule has 2 rings (SSSR count). The molecule has 21 heavy (non-hydrogen) atoms. The molecule has 1 aromatic heterocycles. The van der Waals surface area contributed by atoms with Crippen molar-refractivity contribution < 1.29 is 14.0 Å². The smallest absolute Gasteiger partial charge is 0.335 e. The van der Waals surface area contributed by atoms with Crippen LogP contribution in [0.25, 0.3) is 0 Å². The highest BCUT2D eigenvalue weighted by molar-refractivity contribution is 6.48. The monoisotopic (exact) mass is 307 g/mol. The number of esters is 1. The van der Waals surface area contributed by atoms with Crippen molar-refractivity contribution in [1.82, 2.24) is 4.98 Å². The number of hydrogen-bond acceptors (Lipinski definition) is 5. The SMILES string of the molecule is C[Si](C)OC(CC1Nc2cccnc2OC1=O)C(C)(C)C. The number of aromatic nitrogens is 1. The van der Waals surface area contributed by atoms with Crippen molar-refractivity contribution in [3.8, 4) is 5.88 Å². The number of rotatable bonds is 4. The van der Waals surface area contributed by atoms with Gasteiger partial charge < -0.3 is 14.5 Å². The van der Waals surface area contributed by atoms with Gasteiger partial charge in [-0.15, -0.1) is 0 Å². The molecule has 6 heteroatoms. The number of fused-ring (bicyclic) bond motifs is 1. The Morgan fingerprint density at radius 3 is 2.81 bits per heavy atom. The van der Waals surface area contributed by atoms with Crippen LogP contribution in [-0.2, 0) is 9.22 Å². The van der Waals surface area contributed by atoms with Gasteiger partial charge in [-0.2, -0.15) is 0 Å². The number of nitrogens with zero attached hydrogens (tertiary/aromatic N) is 1. The van der Waals surface area contributed by atoms with Gasteiger partial charge in [-0.05, 0) is 30.6 Å². The third-order valence-corrected chi connectivity index (χ3v) is 4.13. The lowest BCUT2D eigenvalue weighted by Crippen LogP contribution is -2.44. The normalized spacial score (nSPS) is 19.7. The van der Waals surface area contributed by atoms with Crippen molar-refractivity contribution in [3.63, 3.8) is 0 Å². The number of anilines is 1. The average Bonchev–Trinajstić information content (AvgIpc) is 2.37. The first-order valence-corrected chi connectivity index (χ1v) is 9.58. The second-order valence-electron chi connectivity index (χ2n) is 6.59. The lowest BCUT2D eigenvalue weighted by Gasteiger charge is -2.35. The maximum Gasteiger partial charge on any atom is 0.335 e. The lowest BCUT2D eigenvalue weighted by atomic mass is 9.85. The van der Waals surface area contributed by atoms with E-state index in [1.54, 1.807) is 6.20 Å². The van der Waals surface area contributed by atoms with Crippen LogP contribution in [0.15, 0.2) is 18.3 Å². The molecule has 1 aliphatic rings. The van der Waals surface area contributed by atoms with Crippen LogP contribution in [0.5, 0.6) is 5.88 Å². The first-order valence-electron chi connectivity index (χ1n) is 7.17. The number of ether oxygens (including phenoxy) is 1. The molecule has 2 atom stereocenters. The minimum Gasteiger partial charge on any atom is -0.414 e. The minimum atomic E-state index is -0.835. The summed E-state index contributed by atoms with van der Waals surface area (Å²) in [5.41, 5.74) is 0.729. The predicted octanol–water partition coefficient (Wildman–Crippen LogP) is 2.85. The zero-order valence-electron chi connectivity index (χ0n) is 13.3. The van der Waals surface area contributed by atoms with Gasteiger partial charge in [0.05, 0.1) is 11.8 Å². The van der Waals surface area contributed by atoms with E-state index in [1.807, 2.05) is 12.1 Å². The first kappa shape index (κ1) is 16.0. The summed E-state index contributed by atoms with van der Waals surface area (Å²) in [4.78, 5) is 16.2. The van der Waals surface area contributed by atoms with E-state index in [-0.39, 0.29) is 17.5 Å². The summed E-state index contributed by atoms with van der Waals surface area (Å²) in [7, 11) is -0.835. The minimum absolute atomic E-state index is 0.00432. The highest BCUT2D eigenvalue weighted by atomic mass is 28.3. The number of carbonyl (C=O) groups is 1. The van der Waals surface area contributed by atoms with Crippen molar-refractivity contribution in [2.75, 3.05) is 5.32 Å². The van der Waals surface area contributed by atoms with Gasteiger partial charge in [-0.1, -0.05) is 20.8 Å². The van der Waals surface area contributed by atoms with Crippen molar-refractivity contribution in [1.29, 1.82) is 0 Å². The summed E-state index contributed by atoms with van der Waals surface area (Å²) < 4.78 is 11.4. The van der Waals surface area contributed by atoms with Gasteiger partial charge in [0.1, 0.15) is 6.04 Å². The highest BCUT2D eigenvalue weighted by Crippen LogP contribution is 2.31. The summed E-state index contributed by atoms with van der Waals surface area (Å²) in [6.45, 7) is 10.6. The van der Waals surface area contributed by atoms with Gasteiger partial charge in [0.2, 0.25) is 14.9 Å². The molecule has 115 valence electrons. The first-order chi connectivity index (χ1) is 9.77. The van der Waals surface area contributed by atoms with Gasteiger partial charge in [-0.25, -0.2) is 9.78 Å². The molecule has 2 heterocycles. The maximum absolute atomic E-state index is 12.1. The van der Waals surface area contributed by atoms with Crippen LogP contribution in [0, 0.1) is 5.41 Å². The molecule has 0 saturated heterocycles. The molecule has 1 aromatic rings. The summed E-state index contributed by atoms with van der Waals surface area (Å²) in [5, 5.41) is 3.22. The number of hydrogen-bond donors (Lipinski definition) is 1. The molecule has 1 radical (unpaired) electrons. The summed E-state index contributed by atoms with van der Waals surface area (Å²) in [6.07, 6.45) is 2.20. The van der Waals surface area contributed by atoms with E-state index in [4.69, 9.17) is 9.16 Å². The van der Waals surface area contributed by atoms with Crippen LogP contribution in [0.4, 0.5) is 5.69 Å². The molecule has 0 saturated carbocycles. The van der Waals surface area contributed by atoms with Crippen LogP contribution in [0.2, 0.25) is 13.1 Å². The molecule has 0 spiro atoms. The topological polar surface area (TPSA) is 60.4 Å². The molecule has 0 bridgehead atoms. The molecule has 0 aromatic carbocycles. The predicted molar refractivity (Wildman–Crippen MR) is 83.7 cm³/mol. The Bertz CT molecular complexity index is 514. The molecule has 0 aliphatic carbocycles. The second-order valence-corrected chi connectivity index (χ2v) is 8.64. The molecule has 0 fully saturated rings. The van der Waals surface area contributed by atoms with Crippen molar-refractivity contribution >= 4 is 20.7 Å². The van der Waals surface area contributed by atoms with E-state index in [0.717, 1.165) is 5.69 Å². The fraction of sp³-hybridized carbons (Fsp3) is 0.600. The lowest BCUT2D eigenvalue weighted by molar-refractivity contribution is -0.137. The van der Waals surface area contributed by atoms with E-state index in [2.05, 4.69) is 44.2 Å². The van der Waals surface area contributed by atoms with Crippen LogP contribution in [-0.4, -0.2) is 32.1 Å². The Kier molecular flexibility index (Phi) is 4.68. The van der Waals surface area contributed by atoms with E-state index in [1.165, 1.54) is 0 Å².